The lowest BCUT2D eigenvalue weighted by atomic mass is 10.2. The van der Waals surface area contributed by atoms with Gasteiger partial charge >= 0.3 is 0 Å². The number of hydrogen-bond donors (Lipinski definition) is 1. The van der Waals surface area contributed by atoms with Crippen molar-refractivity contribution < 1.29 is 9.90 Å². The van der Waals surface area contributed by atoms with Crippen LogP contribution >= 0.6 is 11.3 Å². The fourth-order valence-electron chi connectivity index (χ4n) is 2.41. The van der Waals surface area contributed by atoms with Gasteiger partial charge in [-0.15, -0.1) is 11.3 Å². The maximum atomic E-state index is 12.3. The normalized spacial score (nSPS) is 19.9. The summed E-state index contributed by atoms with van der Waals surface area (Å²) in [5, 5.41) is 9.25. The third-order valence-electron chi connectivity index (χ3n) is 3.46. The number of aryl methyl sites for hydroxylation is 2. The van der Waals surface area contributed by atoms with Gasteiger partial charge < -0.3 is 10.0 Å². The summed E-state index contributed by atoms with van der Waals surface area (Å²) in [4.78, 5) is 16.2. The van der Waals surface area contributed by atoms with Crippen LogP contribution in [0.2, 0.25) is 0 Å². The van der Waals surface area contributed by atoms with Crippen molar-refractivity contribution in [2.45, 2.75) is 39.2 Å². The molecule has 0 bridgehead atoms. The van der Waals surface area contributed by atoms with Crippen LogP contribution < -0.4 is 0 Å². The molecular weight excluding hydrogens is 234 g/mol. The largest absolute Gasteiger partial charge is 0.394 e. The van der Waals surface area contributed by atoms with Gasteiger partial charge in [0.2, 0.25) is 0 Å². The number of nitrogens with zero attached hydrogens (tertiary/aromatic N) is 1. The molecule has 1 amide bonds. The minimum absolute atomic E-state index is 0.0231. The van der Waals surface area contributed by atoms with Crippen LogP contribution in [0.25, 0.3) is 0 Å². The fourth-order valence-corrected chi connectivity index (χ4v) is 3.48. The molecular formula is C13H19NO2S. The number of carbonyl (C=O) groups excluding carboxylic acids is 1. The molecule has 1 atom stereocenters. The quantitative estimate of drug-likeness (QED) is 0.897. The number of aliphatic hydroxyl groups excluding tert-OH is 1. The van der Waals surface area contributed by atoms with Crippen LogP contribution in [0.4, 0.5) is 0 Å². The van der Waals surface area contributed by atoms with Crippen LogP contribution in [0.3, 0.4) is 0 Å². The van der Waals surface area contributed by atoms with Gasteiger partial charge in [0.25, 0.3) is 5.91 Å². The molecule has 1 unspecified atom stereocenters. The standard InChI is InChI=1S/C13H19NO2S/c1-3-10-7-12(17-9(10)2)13(16)14-6-4-5-11(14)8-15/h7,11,15H,3-6,8H2,1-2H3. The minimum atomic E-state index is 0.0231. The molecule has 1 aliphatic rings. The first-order chi connectivity index (χ1) is 8.17. The monoisotopic (exact) mass is 253 g/mol. The highest BCUT2D eigenvalue weighted by Gasteiger charge is 2.29. The first kappa shape index (κ1) is 12.6. The molecule has 2 rings (SSSR count). The molecule has 1 N–H and O–H groups in total. The molecule has 1 aromatic rings. The minimum Gasteiger partial charge on any atom is -0.394 e. The molecule has 3 nitrogen and oxygen atoms in total. The van der Waals surface area contributed by atoms with Crippen LogP contribution in [0.15, 0.2) is 6.07 Å². The van der Waals surface area contributed by atoms with Crippen molar-refractivity contribution in [1.82, 2.24) is 4.90 Å². The van der Waals surface area contributed by atoms with Gasteiger partial charge in [-0.1, -0.05) is 6.92 Å². The second-order valence-electron chi connectivity index (χ2n) is 4.52. The van der Waals surface area contributed by atoms with E-state index in [0.717, 1.165) is 30.7 Å². The molecule has 2 heterocycles. The maximum Gasteiger partial charge on any atom is 0.264 e. The van der Waals surface area contributed by atoms with E-state index in [2.05, 4.69) is 13.8 Å². The van der Waals surface area contributed by atoms with E-state index in [4.69, 9.17) is 0 Å². The van der Waals surface area contributed by atoms with E-state index < -0.39 is 0 Å². The molecule has 0 saturated carbocycles. The molecule has 1 aliphatic heterocycles. The molecule has 0 radical (unpaired) electrons. The number of rotatable bonds is 3. The van der Waals surface area contributed by atoms with E-state index in [1.165, 1.54) is 10.4 Å². The van der Waals surface area contributed by atoms with E-state index in [1.54, 1.807) is 11.3 Å². The van der Waals surface area contributed by atoms with Crippen molar-refractivity contribution >= 4 is 17.2 Å². The van der Waals surface area contributed by atoms with Gasteiger partial charge in [-0.25, -0.2) is 0 Å². The van der Waals surface area contributed by atoms with Crippen LogP contribution in [-0.2, 0) is 6.42 Å². The second kappa shape index (κ2) is 5.19. The number of hydrogen-bond acceptors (Lipinski definition) is 3. The first-order valence-corrected chi connectivity index (χ1v) is 7.00. The second-order valence-corrected chi connectivity index (χ2v) is 5.78. The maximum absolute atomic E-state index is 12.3. The zero-order valence-electron chi connectivity index (χ0n) is 10.4. The third-order valence-corrected chi connectivity index (χ3v) is 4.54. The highest BCUT2D eigenvalue weighted by atomic mass is 32.1. The Bertz CT molecular complexity index is 414. The van der Waals surface area contributed by atoms with Crippen molar-refractivity contribution in [3.63, 3.8) is 0 Å². The highest BCUT2D eigenvalue weighted by molar-refractivity contribution is 7.14. The molecule has 4 heteroatoms. The van der Waals surface area contributed by atoms with E-state index in [1.807, 2.05) is 11.0 Å². The van der Waals surface area contributed by atoms with Crippen molar-refractivity contribution in [1.29, 1.82) is 0 Å². The van der Waals surface area contributed by atoms with Crippen molar-refractivity contribution in [3.8, 4) is 0 Å². The SMILES string of the molecule is CCc1cc(C(=O)N2CCCC2CO)sc1C. The molecule has 0 spiro atoms. The number of thiophene rings is 1. The smallest absolute Gasteiger partial charge is 0.264 e. The van der Waals surface area contributed by atoms with Gasteiger partial charge in [0.1, 0.15) is 0 Å². The van der Waals surface area contributed by atoms with Gasteiger partial charge in [0.15, 0.2) is 0 Å². The van der Waals surface area contributed by atoms with Gasteiger partial charge in [0.05, 0.1) is 17.5 Å². The molecule has 94 valence electrons. The van der Waals surface area contributed by atoms with E-state index in [0.29, 0.717) is 0 Å². The molecule has 17 heavy (non-hydrogen) atoms. The van der Waals surface area contributed by atoms with Gasteiger partial charge in [-0.2, -0.15) is 0 Å². The zero-order valence-corrected chi connectivity index (χ0v) is 11.2. The Morgan fingerprint density at radius 1 is 1.65 bits per heavy atom. The number of likely N-dealkylation sites (tertiary alicyclic amines) is 1. The average Bonchev–Trinajstić information content (AvgIpc) is 2.93. The lowest BCUT2D eigenvalue weighted by Gasteiger charge is -2.22. The molecule has 0 aliphatic carbocycles. The zero-order chi connectivity index (χ0) is 12.4. The Morgan fingerprint density at radius 3 is 3.00 bits per heavy atom. The lowest BCUT2D eigenvalue weighted by molar-refractivity contribution is 0.0682. The number of carbonyl (C=O) groups is 1. The Labute approximate surface area is 106 Å². The Balaban J connectivity index is 2.18. The van der Waals surface area contributed by atoms with Crippen molar-refractivity contribution in [2.75, 3.05) is 13.2 Å². The van der Waals surface area contributed by atoms with Crippen molar-refractivity contribution in [3.05, 3.63) is 21.4 Å². The molecule has 1 aromatic heterocycles. The summed E-state index contributed by atoms with van der Waals surface area (Å²) in [6, 6.07) is 2.03. The van der Waals surface area contributed by atoms with Gasteiger partial charge in [-0.3, -0.25) is 4.79 Å². The summed E-state index contributed by atoms with van der Waals surface area (Å²) in [6.07, 6.45) is 2.90. The lowest BCUT2D eigenvalue weighted by Crippen LogP contribution is -2.37. The first-order valence-electron chi connectivity index (χ1n) is 6.18. The predicted molar refractivity (Wildman–Crippen MR) is 69.6 cm³/mol. The Hall–Kier alpha value is -0.870. The molecule has 0 aromatic carbocycles. The van der Waals surface area contributed by atoms with E-state index >= 15 is 0 Å². The van der Waals surface area contributed by atoms with Crippen LogP contribution in [0, 0.1) is 6.92 Å². The Kier molecular flexibility index (Phi) is 3.84. The summed E-state index contributed by atoms with van der Waals surface area (Å²) in [6.45, 7) is 5.03. The average molecular weight is 253 g/mol. The summed E-state index contributed by atoms with van der Waals surface area (Å²) in [5.41, 5.74) is 1.26. The van der Waals surface area contributed by atoms with Crippen LogP contribution in [0.1, 0.15) is 39.9 Å². The van der Waals surface area contributed by atoms with Gasteiger partial charge in [-0.05, 0) is 37.8 Å². The summed E-state index contributed by atoms with van der Waals surface area (Å²) >= 11 is 1.57. The molecule has 1 fully saturated rings. The van der Waals surface area contributed by atoms with Gasteiger partial charge in [0, 0.05) is 11.4 Å². The van der Waals surface area contributed by atoms with Crippen LogP contribution in [-0.4, -0.2) is 35.1 Å². The van der Waals surface area contributed by atoms with E-state index in [-0.39, 0.29) is 18.6 Å². The predicted octanol–water partition coefficient (Wildman–Crippen LogP) is 2.22. The third kappa shape index (κ3) is 2.38. The number of aliphatic hydroxyl groups is 1. The topological polar surface area (TPSA) is 40.5 Å². The molecule has 1 saturated heterocycles. The highest BCUT2D eigenvalue weighted by Crippen LogP contribution is 2.26. The Morgan fingerprint density at radius 2 is 2.41 bits per heavy atom. The van der Waals surface area contributed by atoms with Crippen molar-refractivity contribution in [2.24, 2.45) is 0 Å². The van der Waals surface area contributed by atoms with Crippen LogP contribution in [0.5, 0.6) is 0 Å². The summed E-state index contributed by atoms with van der Waals surface area (Å²) in [5.74, 6) is 0.0920. The fraction of sp³-hybridized carbons (Fsp3) is 0.615. The number of amides is 1. The summed E-state index contributed by atoms with van der Waals surface area (Å²) < 4.78 is 0. The van der Waals surface area contributed by atoms with E-state index in [9.17, 15) is 9.90 Å². The summed E-state index contributed by atoms with van der Waals surface area (Å²) in [7, 11) is 0.